The minimum Gasteiger partial charge on any atom is -0.505 e. The van der Waals surface area contributed by atoms with Crippen molar-refractivity contribution in [1.29, 1.82) is 0 Å². The third kappa shape index (κ3) is 3.77. The predicted molar refractivity (Wildman–Crippen MR) is 57.7 cm³/mol. The second-order valence-corrected chi connectivity index (χ2v) is 3.50. The third-order valence-electron chi connectivity index (χ3n) is 2.20. The normalized spacial score (nSPS) is 12.7. The van der Waals surface area contributed by atoms with Crippen molar-refractivity contribution in [2.24, 2.45) is 0 Å². The van der Waals surface area contributed by atoms with Crippen LogP contribution >= 0.6 is 0 Å². The van der Waals surface area contributed by atoms with Crippen LogP contribution in [0, 0.1) is 5.82 Å². The van der Waals surface area contributed by atoms with Crippen LogP contribution in [0.2, 0.25) is 0 Å². The topological polar surface area (TPSA) is 61.7 Å². The Bertz CT molecular complexity index is 333. The Balaban J connectivity index is 2.50. The van der Waals surface area contributed by atoms with Gasteiger partial charge in [-0.25, -0.2) is 4.39 Å². The number of benzene rings is 1. The van der Waals surface area contributed by atoms with Gasteiger partial charge in [-0.1, -0.05) is 6.07 Å². The molecular formula is C11H16FNO3. The van der Waals surface area contributed by atoms with Gasteiger partial charge in [0.1, 0.15) is 0 Å². The van der Waals surface area contributed by atoms with Crippen molar-refractivity contribution in [3.63, 3.8) is 0 Å². The summed E-state index contributed by atoms with van der Waals surface area (Å²) >= 11 is 0. The number of hydrogen-bond donors (Lipinski definition) is 3. The van der Waals surface area contributed by atoms with Crippen molar-refractivity contribution in [1.82, 2.24) is 5.32 Å². The quantitative estimate of drug-likeness (QED) is 0.669. The summed E-state index contributed by atoms with van der Waals surface area (Å²) in [5, 5.41) is 21.0. The molecular weight excluding hydrogens is 213 g/mol. The number of ether oxygens (including phenoxy) is 1. The van der Waals surface area contributed by atoms with E-state index in [0.29, 0.717) is 18.7 Å². The fraction of sp³-hybridized carbons (Fsp3) is 0.455. The van der Waals surface area contributed by atoms with Crippen LogP contribution in [-0.2, 0) is 11.3 Å². The van der Waals surface area contributed by atoms with Crippen LogP contribution in [0.15, 0.2) is 18.2 Å². The predicted octanol–water partition coefficient (Wildman–Crippen LogP) is 0.628. The van der Waals surface area contributed by atoms with Gasteiger partial charge in [0.05, 0.1) is 19.3 Å². The number of phenolic OH excluding ortho intramolecular Hbond substituents is 1. The highest BCUT2D eigenvalue weighted by Crippen LogP contribution is 2.15. The lowest BCUT2D eigenvalue weighted by molar-refractivity contribution is 0.128. The standard InChI is InChI=1S/C11H16FNO3/c1-16-7-9(6-14)13-5-8-2-3-11(15)10(12)4-8/h2-4,9,13-15H,5-7H2,1H3. The highest BCUT2D eigenvalue weighted by molar-refractivity contribution is 5.27. The minimum absolute atomic E-state index is 0.0472. The first-order valence-corrected chi connectivity index (χ1v) is 4.98. The Kier molecular flexibility index (Phi) is 5.18. The lowest BCUT2D eigenvalue weighted by atomic mass is 10.2. The zero-order valence-electron chi connectivity index (χ0n) is 9.11. The first-order chi connectivity index (χ1) is 7.67. The van der Waals surface area contributed by atoms with E-state index in [-0.39, 0.29) is 18.4 Å². The first kappa shape index (κ1) is 12.9. The van der Waals surface area contributed by atoms with Gasteiger partial charge < -0.3 is 20.3 Å². The second kappa shape index (κ2) is 6.42. The molecule has 1 aromatic carbocycles. The van der Waals surface area contributed by atoms with Crippen molar-refractivity contribution < 1.29 is 19.3 Å². The number of aliphatic hydroxyl groups excluding tert-OH is 1. The van der Waals surface area contributed by atoms with E-state index in [9.17, 15) is 4.39 Å². The van der Waals surface area contributed by atoms with Crippen LogP contribution in [0.25, 0.3) is 0 Å². The number of phenols is 1. The molecule has 0 aromatic heterocycles. The van der Waals surface area contributed by atoms with Crippen LogP contribution < -0.4 is 5.32 Å². The average Bonchev–Trinajstić information content (AvgIpc) is 2.28. The zero-order chi connectivity index (χ0) is 12.0. The van der Waals surface area contributed by atoms with E-state index >= 15 is 0 Å². The third-order valence-corrected chi connectivity index (χ3v) is 2.20. The number of aromatic hydroxyl groups is 1. The summed E-state index contributed by atoms with van der Waals surface area (Å²) in [6.07, 6.45) is 0. The number of rotatable bonds is 6. The Morgan fingerprint density at radius 2 is 2.25 bits per heavy atom. The molecule has 0 heterocycles. The summed E-state index contributed by atoms with van der Waals surface area (Å²) in [5.41, 5.74) is 0.699. The molecule has 0 fully saturated rings. The van der Waals surface area contributed by atoms with Gasteiger partial charge in [-0.05, 0) is 17.7 Å². The SMILES string of the molecule is COCC(CO)NCc1ccc(O)c(F)c1. The van der Waals surface area contributed by atoms with E-state index < -0.39 is 5.82 Å². The van der Waals surface area contributed by atoms with Gasteiger partial charge in [-0.2, -0.15) is 0 Å². The molecule has 1 rings (SSSR count). The number of aliphatic hydroxyl groups is 1. The summed E-state index contributed by atoms with van der Waals surface area (Å²) in [6, 6.07) is 3.99. The maximum atomic E-state index is 13.0. The van der Waals surface area contributed by atoms with E-state index in [1.54, 1.807) is 13.2 Å². The molecule has 1 aromatic rings. The monoisotopic (exact) mass is 229 g/mol. The molecule has 0 radical (unpaired) electrons. The smallest absolute Gasteiger partial charge is 0.165 e. The molecule has 1 atom stereocenters. The minimum atomic E-state index is -0.647. The molecule has 0 aliphatic carbocycles. The molecule has 0 aliphatic rings. The molecule has 0 bridgehead atoms. The molecule has 1 unspecified atom stereocenters. The van der Waals surface area contributed by atoms with E-state index in [2.05, 4.69) is 5.32 Å². The summed E-state index contributed by atoms with van der Waals surface area (Å²) in [4.78, 5) is 0. The van der Waals surface area contributed by atoms with Crippen molar-refractivity contribution in [2.75, 3.05) is 20.3 Å². The van der Waals surface area contributed by atoms with Crippen molar-refractivity contribution in [2.45, 2.75) is 12.6 Å². The van der Waals surface area contributed by atoms with Crippen LogP contribution in [0.1, 0.15) is 5.56 Å². The molecule has 3 N–H and O–H groups in total. The second-order valence-electron chi connectivity index (χ2n) is 3.50. The molecule has 0 saturated heterocycles. The molecule has 90 valence electrons. The van der Waals surface area contributed by atoms with Crippen LogP contribution in [0.3, 0.4) is 0 Å². The lowest BCUT2D eigenvalue weighted by Crippen LogP contribution is -2.35. The van der Waals surface area contributed by atoms with E-state index in [1.165, 1.54) is 12.1 Å². The Morgan fingerprint density at radius 1 is 1.50 bits per heavy atom. The number of nitrogens with one attached hydrogen (secondary N) is 1. The molecule has 5 heteroatoms. The molecule has 0 saturated carbocycles. The Morgan fingerprint density at radius 3 is 2.81 bits per heavy atom. The summed E-state index contributed by atoms with van der Waals surface area (Å²) < 4.78 is 17.9. The molecule has 4 nitrogen and oxygen atoms in total. The highest BCUT2D eigenvalue weighted by Gasteiger charge is 2.07. The fourth-order valence-corrected chi connectivity index (χ4v) is 1.30. The zero-order valence-corrected chi connectivity index (χ0v) is 9.11. The maximum absolute atomic E-state index is 13.0. The van der Waals surface area contributed by atoms with Gasteiger partial charge >= 0.3 is 0 Å². The summed E-state index contributed by atoms with van der Waals surface area (Å²) in [7, 11) is 1.55. The maximum Gasteiger partial charge on any atom is 0.165 e. The highest BCUT2D eigenvalue weighted by atomic mass is 19.1. The number of methoxy groups -OCH3 is 1. The van der Waals surface area contributed by atoms with Crippen molar-refractivity contribution in [3.05, 3.63) is 29.6 Å². The van der Waals surface area contributed by atoms with Gasteiger partial charge in [-0.3, -0.25) is 0 Å². The van der Waals surface area contributed by atoms with Gasteiger partial charge in [-0.15, -0.1) is 0 Å². The largest absolute Gasteiger partial charge is 0.505 e. The van der Waals surface area contributed by atoms with E-state index in [4.69, 9.17) is 14.9 Å². The molecule has 16 heavy (non-hydrogen) atoms. The van der Waals surface area contributed by atoms with Crippen LogP contribution in [0.4, 0.5) is 4.39 Å². The average molecular weight is 229 g/mol. The van der Waals surface area contributed by atoms with E-state index in [1.807, 2.05) is 0 Å². The number of hydrogen-bond acceptors (Lipinski definition) is 4. The summed E-state index contributed by atoms with van der Waals surface area (Å²) in [5.74, 6) is -1.01. The molecule has 0 aliphatic heterocycles. The van der Waals surface area contributed by atoms with Crippen LogP contribution in [0.5, 0.6) is 5.75 Å². The van der Waals surface area contributed by atoms with Gasteiger partial charge in [0, 0.05) is 13.7 Å². The van der Waals surface area contributed by atoms with Gasteiger partial charge in [0.2, 0.25) is 0 Å². The first-order valence-electron chi connectivity index (χ1n) is 4.98. The van der Waals surface area contributed by atoms with Crippen molar-refractivity contribution >= 4 is 0 Å². The number of halogens is 1. The van der Waals surface area contributed by atoms with Crippen molar-refractivity contribution in [3.8, 4) is 5.75 Å². The Hall–Kier alpha value is -1.17. The van der Waals surface area contributed by atoms with Gasteiger partial charge in [0.25, 0.3) is 0 Å². The lowest BCUT2D eigenvalue weighted by Gasteiger charge is -2.15. The molecule has 0 spiro atoms. The fourth-order valence-electron chi connectivity index (χ4n) is 1.30. The summed E-state index contributed by atoms with van der Waals surface area (Å²) in [6.45, 7) is 0.747. The van der Waals surface area contributed by atoms with Gasteiger partial charge in [0.15, 0.2) is 11.6 Å². The Labute approximate surface area is 93.7 Å². The van der Waals surface area contributed by atoms with E-state index in [0.717, 1.165) is 0 Å². The van der Waals surface area contributed by atoms with Crippen LogP contribution in [-0.4, -0.2) is 36.6 Å². The molecule has 0 amide bonds.